The van der Waals surface area contributed by atoms with Crippen molar-refractivity contribution in [2.24, 2.45) is 0 Å². The lowest BCUT2D eigenvalue weighted by atomic mass is 10.2. The number of benzene rings is 1. The van der Waals surface area contributed by atoms with Crippen molar-refractivity contribution in [2.45, 2.75) is 12.8 Å². The molecule has 0 amide bonds. The third-order valence-electron chi connectivity index (χ3n) is 2.35. The highest BCUT2D eigenvalue weighted by molar-refractivity contribution is 6.17. The Kier molecular flexibility index (Phi) is 3.10. The Labute approximate surface area is 102 Å². The van der Waals surface area contributed by atoms with E-state index >= 15 is 0 Å². The smallest absolute Gasteiger partial charge is 0.282 e. The number of hydrogen-bond donors (Lipinski definition) is 0. The molecular formula is C11H9ClN2O3. The number of nitro benzene ring substituents is 1. The van der Waals surface area contributed by atoms with E-state index in [2.05, 4.69) is 4.98 Å². The van der Waals surface area contributed by atoms with Crippen molar-refractivity contribution in [2.75, 3.05) is 0 Å². The molecule has 0 spiro atoms. The van der Waals surface area contributed by atoms with Crippen LogP contribution in [0.25, 0.3) is 11.5 Å². The highest BCUT2D eigenvalue weighted by Crippen LogP contribution is 2.30. The lowest BCUT2D eigenvalue weighted by Gasteiger charge is -1.97. The minimum absolute atomic E-state index is 0.0325. The summed E-state index contributed by atoms with van der Waals surface area (Å²) >= 11 is 5.68. The van der Waals surface area contributed by atoms with Gasteiger partial charge in [-0.2, -0.15) is 0 Å². The summed E-state index contributed by atoms with van der Waals surface area (Å²) in [6, 6.07) is 6.30. The lowest BCUT2D eigenvalue weighted by Crippen LogP contribution is -1.91. The molecule has 1 heterocycles. The van der Waals surface area contributed by atoms with E-state index in [1.807, 2.05) is 0 Å². The SMILES string of the molecule is Cc1oc(-c2ccccc2[N+](=O)[O-])nc1CCl. The summed E-state index contributed by atoms with van der Waals surface area (Å²) in [5.74, 6) is 1.02. The summed E-state index contributed by atoms with van der Waals surface area (Å²) in [5.41, 5.74) is 0.923. The minimum Gasteiger partial charge on any atom is -0.441 e. The molecule has 6 heteroatoms. The number of oxazole rings is 1. The number of halogens is 1. The zero-order valence-electron chi connectivity index (χ0n) is 9.01. The van der Waals surface area contributed by atoms with Gasteiger partial charge in [0.2, 0.25) is 5.89 Å². The van der Waals surface area contributed by atoms with Crippen LogP contribution in [0.15, 0.2) is 28.7 Å². The van der Waals surface area contributed by atoms with E-state index in [-0.39, 0.29) is 17.5 Å². The zero-order valence-corrected chi connectivity index (χ0v) is 9.77. The Hall–Kier alpha value is -1.88. The first-order valence-electron chi connectivity index (χ1n) is 4.89. The summed E-state index contributed by atoms with van der Waals surface area (Å²) in [6.45, 7) is 1.73. The van der Waals surface area contributed by atoms with E-state index in [0.29, 0.717) is 17.0 Å². The van der Waals surface area contributed by atoms with Crippen LogP contribution in [0, 0.1) is 17.0 Å². The molecule has 0 fully saturated rings. The predicted octanol–water partition coefficient (Wildman–Crippen LogP) is 3.30. The van der Waals surface area contributed by atoms with Crippen LogP contribution in [-0.4, -0.2) is 9.91 Å². The fourth-order valence-electron chi connectivity index (χ4n) is 1.48. The van der Waals surface area contributed by atoms with Crippen molar-refractivity contribution >= 4 is 17.3 Å². The Bertz CT molecular complexity index is 566. The number of nitrogens with zero attached hydrogens (tertiary/aromatic N) is 2. The van der Waals surface area contributed by atoms with Crippen LogP contribution in [-0.2, 0) is 5.88 Å². The van der Waals surface area contributed by atoms with Gasteiger partial charge < -0.3 is 4.42 Å². The fourth-order valence-corrected chi connectivity index (χ4v) is 1.73. The highest BCUT2D eigenvalue weighted by atomic mass is 35.5. The number of alkyl halides is 1. The van der Waals surface area contributed by atoms with E-state index in [9.17, 15) is 10.1 Å². The summed E-state index contributed by atoms with van der Waals surface area (Å²) in [7, 11) is 0. The second-order valence-electron chi connectivity index (χ2n) is 3.43. The Morgan fingerprint density at radius 2 is 2.18 bits per heavy atom. The van der Waals surface area contributed by atoms with Crippen LogP contribution >= 0.6 is 11.6 Å². The molecule has 0 radical (unpaired) electrons. The summed E-state index contributed by atoms with van der Waals surface area (Å²) < 4.78 is 5.38. The molecule has 0 aliphatic rings. The maximum Gasteiger partial charge on any atom is 0.282 e. The first-order chi connectivity index (χ1) is 8.13. The van der Waals surface area contributed by atoms with Gasteiger partial charge >= 0.3 is 0 Å². The molecule has 1 aromatic heterocycles. The third kappa shape index (κ3) is 2.14. The Morgan fingerprint density at radius 1 is 1.47 bits per heavy atom. The molecule has 0 N–H and O–H groups in total. The number of hydrogen-bond acceptors (Lipinski definition) is 4. The largest absolute Gasteiger partial charge is 0.441 e. The van der Waals surface area contributed by atoms with E-state index in [4.69, 9.17) is 16.0 Å². The molecule has 0 atom stereocenters. The zero-order chi connectivity index (χ0) is 12.4. The average Bonchev–Trinajstić information content (AvgIpc) is 2.70. The summed E-state index contributed by atoms with van der Waals surface area (Å²) in [5, 5.41) is 10.9. The molecule has 1 aromatic carbocycles. The molecule has 0 aliphatic carbocycles. The first kappa shape index (κ1) is 11.6. The molecule has 0 unspecified atom stereocenters. The maximum atomic E-state index is 10.9. The average molecular weight is 253 g/mol. The number of nitro groups is 1. The van der Waals surface area contributed by atoms with Crippen molar-refractivity contribution in [3.05, 3.63) is 45.8 Å². The number of para-hydroxylation sites is 1. The van der Waals surface area contributed by atoms with Crippen LogP contribution in [0.4, 0.5) is 5.69 Å². The van der Waals surface area contributed by atoms with Gasteiger partial charge in [0.05, 0.1) is 16.5 Å². The number of aryl methyl sites for hydroxylation is 1. The van der Waals surface area contributed by atoms with E-state index in [0.717, 1.165) is 0 Å². The monoisotopic (exact) mass is 252 g/mol. The maximum absolute atomic E-state index is 10.9. The molecule has 17 heavy (non-hydrogen) atoms. The van der Waals surface area contributed by atoms with E-state index < -0.39 is 4.92 Å². The second-order valence-corrected chi connectivity index (χ2v) is 3.70. The predicted molar refractivity (Wildman–Crippen MR) is 62.9 cm³/mol. The minimum atomic E-state index is -0.463. The summed E-state index contributed by atoms with van der Waals surface area (Å²) in [4.78, 5) is 14.5. The van der Waals surface area contributed by atoms with Crippen molar-refractivity contribution in [3.63, 3.8) is 0 Å². The molecule has 0 saturated carbocycles. The van der Waals surface area contributed by atoms with Crippen LogP contribution in [0.2, 0.25) is 0 Å². The Balaban J connectivity index is 2.56. The Morgan fingerprint density at radius 3 is 2.76 bits per heavy atom. The van der Waals surface area contributed by atoms with Crippen molar-refractivity contribution in [1.29, 1.82) is 0 Å². The number of aromatic nitrogens is 1. The standard InChI is InChI=1S/C11H9ClN2O3/c1-7-9(6-12)13-11(17-7)8-4-2-3-5-10(8)14(15)16/h2-5H,6H2,1H3. The molecular weight excluding hydrogens is 244 g/mol. The van der Waals surface area contributed by atoms with E-state index in [1.165, 1.54) is 6.07 Å². The van der Waals surface area contributed by atoms with Gasteiger partial charge in [0, 0.05) is 6.07 Å². The molecule has 2 aromatic rings. The van der Waals surface area contributed by atoms with Crippen LogP contribution in [0.1, 0.15) is 11.5 Å². The lowest BCUT2D eigenvalue weighted by molar-refractivity contribution is -0.384. The summed E-state index contributed by atoms with van der Waals surface area (Å²) in [6.07, 6.45) is 0. The van der Waals surface area contributed by atoms with E-state index in [1.54, 1.807) is 25.1 Å². The van der Waals surface area contributed by atoms with Gasteiger partial charge in [-0.05, 0) is 13.0 Å². The molecule has 5 nitrogen and oxygen atoms in total. The van der Waals surface area contributed by atoms with Gasteiger partial charge in [-0.25, -0.2) is 4.98 Å². The molecule has 88 valence electrons. The number of rotatable bonds is 3. The van der Waals surface area contributed by atoms with Crippen LogP contribution < -0.4 is 0 Å². The van der Waals surface area contributed by atoms with Gasteiger partial charge in [-0.3, -0.25) is 10.1 Å². The van der Waals surface area contributed by atoms with Crippen LogP contribution in [0.5, 0.6) is 0 Å². The normalized spacial score (nSPS) is 10.5. The van der Waals surface area contributed by atoms with Gasteiger partial charge in [-0.1, -0.05) is 12.1 Å². The van der Waals surface area contributed by atoms with Gasteiger partial charge in [0.1, 0.15) is 11.3 Å². The topological polar surface area (TPSA) is 69.2 Å². The second kappa shape index (κ2) is 4.55. The molecule has 2 rings (SSSR count). The molecule has 0 bridgehead atoms. The van der Waals surface area contributed by atoms with Crippen molar-refractivity contribution in [1.82, 2.24) is 4.98 Å². The van der Waals surface area contributed by atoms with Gasteiger partial charge in [0.15, 0.2) is 0 Å². The van der Waals surface area contributed by atoms with Gasteiger partial charge in [-0.15, -0.1) is 11.6 Å². The quantitative estimate of drug-likeness (QED) is 0.477. The van der Waals surface area contributed by atoms with Gasteiger partial charge in [0.25, 0.3) is 5.69 Å². The fraction of sp³-hybridized carbons (Fsp3) is 0.182. The van der Waals surface area contributed by atoms with Crippen LogP contribution in [0.3, 0.4) is 0 Å². The molecule has 0 aliphatic heterocycles. The molecule has 0 saturated heterocycles. The first-order valence-corrected chi connectivity index (χ1v) is 5.43. The van der Waals surface area contributed by atoms with Crippen molar-refractivity contribution < 1.29 is 9.34 Å². The highest BCUT2D eigenvalue weighted by Gasteiger charge is 2.19. The third-order valence-corrected chi connectivity index (χ3v) is 2.60. The van der Waals surface area contributed by atoms with Crippen molar-refractivity contribution in [3.8, 4) is 11.5 Å².